The number of ether oxygens (including phenoxy) is 1. The summed E-state index contributed by atoms with van der Waals surface area (Å²) in [6, 6.07) is 13.2. The molecule has 1 amide bonds. The third kappa shape index (κ3) is 5.15. The quantitative estimate of drug-likeness (QED) is 0.468. The number of anilines is 1. The summed E-state index contributed by atoms with van der Waals surface area (Å²) in [5.74, 6) is 1.45. The fourth-order valence-electron chi connectivity index (χ4n) is 2.99. The highest BCUT2D eigenvalue weighted by molar-refractivity contribution is 7.99. The summed E-state index contributed by atoms with van der Waals surface area (Å²) < 4.78 is 7.93. The van der Waals surface area contributed by atoms with E-state index in [1.807, 2.05) is 68.7 Å². The van der Waals surface area contributed by atoms with Crippen LogP contribution >= 0.6 is 23.4 Å². The number of halogens is 1. The van der Waals surface area contributed by atoms with Gasteiger partial charge < -0.3 is 14.6 Å². The number of aryl methyl sites for hydroxylation is 1. The van der Waals surface area contributed by atoms with Crippen LogP contribution in [-0.4, -0.2) is 26.4 Å². The van der Waals surface area contributed by atoms with E-state index in [2.05, 4.69) is 15.5 Å². The van der Waals surface area contributed by atoms with Gasteiger partial charge in [0, 0.05) is 12.2 Å². The minimum absolute atomic E-state index is 0.0822. The van der Waals surface area contributed by atoms with Crippen LogP contribution in [0.5, 0.6) is 5.75 Å². The molecule has 1 atom stereocenters. The Bertz CT molecular complexity index is 1040. The molecule has 1 heterocycles. The minimum Gasteiger partial charge on any atom is -0.481 e. The average Bonchev–Trinajstić information content (AvgIpc) is 3.14. The minimum atomic E-state index is -0.338. The van der Waals surface area contributed by atoms with Crippen LogP contribution in [0.2, 0.25) is 5.02 Å². The Kier molecular flexibility index (Phi) is 7.39. The second-order valence-corrected chi connectivity index (χ2v) is 8.21. The topological polar surface area (TPSA) is 69.0 Å². The van der Waals surface area contributed by atoms with Crippen molar-refractivity contribution in [2.45, 2.75) is 45.5 Å². The lowest BCUT2D eigenvalue weighted by atomic mass is 10.1. The zero-order chi connectivity index (χ0) is 21.7. The number of aromatic nitrogens is 3. The molecule has 0 aliphatic heterocycles. The van der Waals surface area contributed by atoms with Gasteiger partial charge in [-0.3, -0.25) is 4.79 Å². The second-order valence-electron chi connectivity index (χ2n) is 6.86. The van der Waals surface area contributed by atoms with Crippen molar-refractivity contribution in [3.8, 4) is 5.75 Å². The summed E-state index contributed by atoms with van der Waals surface area (Å²) in [6.45, 7) is 8.60. The van der Waals surface area contributed by atoms with Crippen LogP contribution in [0.4, 0.5) is 5.69 Å². The summed E-state index contributed by atoms with van der Waals surface area (Å²) in [5, 5.41) is 12.8. The van der Waals surface area contributed by atoms with Gasteiger partial charge in [0.15, 0.2) is 17.1 Å². The second kappa shape index (κ2) is 10.00. The highest BCUT2D eigenvalue weighted by Crippen LogP contribution is 2.29. The Hall–Kier alpha value is -2.51. The van der Waals surface area contributed by atoms with Crippen LogP contribution in [0, 0.1) is 13.8 Å². The van der Waals surface area contributed by atoms with Crippen molar-refractivity contribution >= 4 is 35.0 Å². The summed E-state index contributed by atoms with van der Waals surface area (Å²) in [5.41, 5.74) is 3.05. The number of rotatable bonds is 8. The summed E-state index contributed by atoms with van der Waals surface area (Å²) in [6.07, 6.45) is -0.338. The molecule has 0 spiro atoms. The molecular weight excluding hydrogens is 420 g/mol. The molecule has 0 saturated heterocycles. The van der Waals surface area contributed by atoms with Crippen molar-refractivity contribution in [2.24, 2.45) is 0 Å². The molecule has 0 aliphatic carbocycles. The van der Waals surface area contributed by atoms with Gasteiger partial charge in [-0.15, -0.1) is 10.2 Å². The number of benzene rings is 2. The first kappa shape index (κ1) is 22.2. The fraction of sp³-hybridized carbons (Fsp3) is 0.318. The fourth-order valence-corrected chi connectivity index (χ4v) is 3.98. The van der Waals surface area contributed by atoms with E-state index in [0.717, 1.165) is 16.8 Å². The predicted octanol–water partition coefficient (Wildman–Crippen LogP) is 5.44. The van der Waals surface area contributed by atoms with Gasteiger partial charge in [0.2, 0.25) is 5.91 Å². The van der Waals surface area contributed by atoms with Crippen LogP contribution in [0.15, 0.2) is 47.6 Å². The molecule has 2 aromatic carbocycles. The Labute approximate surface area is 186 Å². The zero-order valence-electron chi connectivity index (χ0n) is 17.5. The number of para-hydroxylation sites is 1. The molecule has 0 saturated carbocycles. The molecule has 0 bridgehead atoms. The van der Waals surface area contributed by atoms with Crippen molar-refractivity contribution in [1.82, 2.24) is 14.8 Å². The van der Waals surface area contributed by atoms with Crippen molar-refractivity contribution in [3.05, 3.63) is 64.4 Å². The highest BCUT2D eigenvalue weighted by atomic mass is 35.5. The van der Waals surface area contributed by atoms with E-state index in [-0.39, 0.29) is 17.8 Å². The number of nitrogens with zero attached hydrogens (tertiary/aromatic N) is 3. The van der Waals surface area contributed by atoms with Crippen molar-refractivity contribution in [1.29, 1.82) is 0 Å². The number of nitrogens with one attached hydrogen (secondary N) is 1. The standard InChI is InChI=1S/C22H25ClN4O2S/c1-5-27-21(16(4)29-19-12-7-6-10-17(19)23)25-26-22(27)30-13-20(28)24-18-11-8-9-14(2)15(18)3/h6-12,16H,5,13H2,1-4H3,(H,24,28)/t16-/m0/s1. The SMILES string of the molecule is CCn1c(SCC(=O)Nc2cccc(C)c2C)nnc1[C@H](C)Oc1ccccc1Cl. The maximum atomic E-state index is 12.4. The maximum Gasteiger partial charge on any atom is 0.234 e. The van der Waals surface area contributed by atoms with Gasteiger partial charge in [0.1, 0.15) is 5.75 Å². The lowest BCUT2D eigenvalue weighted by molar-refractivity contribution is -0.113. The molecule has 30 heavy (non-hydrogen) atoms. The predicted molar refractivity (Wildman–Crippen MR) is 121 cm³/mol. The molecule has 0 radical (unpaired) electrons. The highest BCUT2D eigenvalue weighted by Gasteiger charge is 2.20. The van der Waals surface area contributed by atoms with E-state index >= 15 is 0 Å². The largest absolute Gasteiger partial charge is 0.481 e. The normalized spacial score (nSPS) is 11.9. The Morgan fingerprint density at radius 1 is 1.20 bits per heavy atom. The van der Waals surface area contributed by atoms with E-state index in [4.69, 9.17) is 16.3 Å². The Morgan fingerprint density at radius 3 is 2.70 bits per heavy atom. The van der Waals surface area contributed by atoms with Crippen molar-refractivity contribution in [3.63, 3.8) is 0 Å². The smallest absolute Gasteiger partial charge is 0.234 e. The summed E-state index contributed by atoms with van der Waals surface area (Å²) in [7, 11) is 0. The van der Waals surface area contributed by atoms with Crippen LogP contribution in [0.25, 0.3) is 0 Å². The first-order valence-electron chi connectivity index (χ1n) is 9.73. The molecule has 0 aliphatic rings. The Balaban J connectivity index is 1.66. The van der Waals surface area contributed by atoms with Gasteiger partial charge in [-0.1, -0.05) is 47.6 Å². The zero-order valence-corrected chi connectivity index (χ0v) is 19.0. The van der Waals surface area contributed by atoms with E-state index in [0.29, 0.717) is 28.3 Å². The molecule has 1 N–H and O–H groups in total. The number of hydrogen-bond donors (Lipinski definition) is 1. The molecule has 1 aromatic heterocycles. The molecule has 0 unspecified atom stereocenters. The average molecular weight is 445 g/mol. The molecular formula is C22H25ClN4O2S. The van der Waals surface area contributed by atoms with Gasteiger partial charge in [-0.25, -0.2) is 0 Å². The molecule has 158 valence electrons. The van der Waals surface area contributed by atoms with E-state index in [1.165, 1.54) is 11.8 Å². The Morgan fingerprint density at radius 2 is 1.97 bits per heavy atom. The third-order valence-electron chi connectivity index (χ3n) is 4.78. The van der Waals surface area contributed by atoms with Gasteiger partial charge in [-0.05, 0) is 57.0 Å². The van der Waals surface area contributed by atoms with Gasteiger partial charge in [-0.2, -0.15) is 0 Å². The van der Waals surface area contributed by atoms with Crippen LogP contribution in [-0.2, 0) is 11.3 Å². The first-order valence-corrected chi connectivity index (χ1v) is 11.1. The molecule has 3 aromatic rings. The number of thioether (sulfide) groups is 1. The van der Waals surface area contributed by atoms with Gasteiger partial charge >= 0.3 is 0 Å². The maximum absolute atomic E-state index is 12.4. The summed E-state index contributed by atoms with van der Waals surface area (Å²) in [4.78, 5) is 12.4. The number of hydrogen-bond acceptors (Lipinski definition) is 5. The number of carbonyl (C=O) groups is 1. The monoisotopic (exact) mass is 444 g/mol. The first-order chi connectivity index (χ1) is 14.4. The third-order valence-corrected chi connectivity index (χ3v) is 6.06. The number of amides is 1. The van der Waals surface area contributed by atoms with Gasteiger partial charge in [0.25, 0.3) is 0 Å². The molecule has 6 nitrogen and oxygen atoms in total. The molecule has 8 heteroatoms. The lowest BCUT2D eigenvalue weighted by Gasteiger charge is -2.16. The van der Waals surface area contributed by atoms with Crippen LogP contribution in [0.3, 0.4) is 0 Å². The lowest BCUT2D eigenvalue weighted by Crippen LogP contribution is -2.16. The summed E-state index contributed by atoms with van der Waals surface area (Å²) >= 11 is 7.54. The molecule has 3 rings (SSSR count). The van der Waals surface area contributed by atoms with Crippen LogP contribution < -0.4 is 10.1 Å². The van der Waals surface area contributed by atoms with Crippen molar-refractivity contribution < 1.29 is 9.53 Å². The number of carbonyl (C=O) groups excluding carboxylic acids is 1. The van der Waals surface area contributed by atoms with Crippen molar-refractivity contribution in [2.75, 3.05) is 11.1 Å². The van der Waals surface area contributed by atoms with Gasteiger partial charge in [0.05, 0.1) is 10.8 Å². The molecule has 0 fully saturated rings. The van der Waals surface area contributed by atoms with Crippen LogP contribution in [0.1, 0.15) is 36.9 Å². The van der Waals surface area contributed by atoms with E-state index < -0.39 is 0 Å². The van der Waals surface area contributed by atoms with E-state index in [9.17, 15) is 4.79 Å². The van der Waals surface area contributed by atoms with E-state index in [1.54, 1.807) is 6.07 Å².